The van der Waals surface area contributed by atoms with Gasteiger partial charge in [0.2, 0.25) is 0 Å². The first-order chi connectivity index (χ1) is 15.4. The number of nitrogens with zero attached hydrogens (tertiary/aromatic N) is 1. The minimum atomic E-state index is -0.681. The van der Waals surface area contributed by atoms with Crippen molar-refractivity contribution in [3.8, 4) is 5.75 Å². The average Bonchev–Trinajstić information content (AvgIpc) is 3.06. The highest BCUT2D eigenvalue weighted by Gasteiger charge is 2.46. The van der Waals surface area contributed by atoms with Gasteiger partial charge in [-0.1, -0.05) is 54.6 Å². The fourth-order valence-electron chi connectivity index (χ4n) is 4.00. The van der Waals surface area contributed by atoms with Gasteiger partial charge in [-0.15, -0.1) is 0 Å². The molecule has 32 heavy (non-hydrogen) atoms. The van der Waals surface area contributed by atoms with Crippen molar-refractivity contribution in [3.63, 3.8) is 0 Å². The van der Waals surface area contributed by atoms with E-state index in [1.54, 1.807) is 13.2 Å². The van der Waals surface area contributed by atoms with Gasteiger partial charge in [-0.2, -0.15) is 0 Å². The third-order valence-electron chi connectivity index (χ3n) is 5.95. The number of rotatable bonds is 5. The normalized spacial score (nSPS) is 17.6. The van der Waals surface area contributed by atoms with Gasteiger partial charge in [0.15, 0.2) is 0 Å². The molecular weight excluding hydrogens is 402 g/mol. The number of likely N-dealkylation sites (tertiary alicyclic amines) is 1. The maximum absolute atomic E-state index is 13.1. The topological polar surface area (TPSA) is 66.8 Å². The third kappa shape index (κ3) is 3.89. The quantitative estimate of drug-likeness (QED) is 0.356. The molecule has 1 heterocycles. The molecule has 0 aliphatic carbocycles. The molecular formula is C27H25NO4. The highest BCUT2D eigenvalue weighted by atomic mass is 16.5. The number of methoxy groups -OCH3 is 1. The molecule has 0 spiro atoms. The predicted molar refractivity (Wildman–Crippen MR) is 123 cm³/mol. The molecule has 1 N–H and O–H groups in total. The lowest BCUT2D eigenvalue weighted by atomic mass is 9.94. The lowest BCUT2D eigenvalue weighted by Gasteiger charge is -2.25. The Labute approximate surface area is 187 Å². The van der Waals surface area contributed by atoms with Crippen LogP contribution in [0.1, 0.15) is 33.9 Å². The van der Waals surface area contributed by atoms with Crippen molar-refractivity contribution in [1.82, 2.24) is 4.90 Å². The van der Waals surface area contributed by atoms with Gasteiger partial charge in [-0.25, -0.2) is 0 Å². The molecule has 162 valence electrons. The summed E-state index contributed by atoms with van der Waals surface area (Å²) in [6.07, 6.45) is 0. The summed E-state index contributed by atoms with van der Waals surface area (Å²) in [6, 6.07) is 21.5. The molecule has 1 fully saturated rings. The number of carbonyl (C=O) groups excluding carboxylic acids is 2. The van der Waals surface area contributed by atoms with Gasteiger partial charge in [0.05, 0.1) is 18.7 Å². The summed E-state index contributed by atoms with van der Waals surface area (Å²) in [5.41, 5.74) is 4.35. The second kappa shape index (κ2) is 8.71. The first-order valence-corrected chi connectivity index (χ1v) is 10.4. The number of amides is 1. The van der Waals surface area contributed by atoms with E-state index < -0.39 is 17.7 Å². The summed E-state index contributed by atoms with van der Waals surface area (Å²) in [4.78, 5) is 27.7. The van der Waals surface area contributed by atoms with E-state index in [1.165, 1.54) is 4.90 Å². The Morgan fingerprint density at radius 3 is 2.25 bits per heavy atom. The molecule has 0 saturated carbocycles. The molecule has 1 amide bonds. The molecule has 1 unspecified atom stereocenters. The molecule has 5 heteroatoms. The van der Waals surface area contributed by atoms with Crippen LogP contribution in [-0.2, 0) is 16.1 Å². The molecule has 0 bridgehead atoms. The van der Waals surface area contributed by atoms with Gasteiger partial charge in [0.25, 0.3) is 11.7 Å². The molecule has 4 rings (SSSR count). The first kappa shape index (κ1) is 21.4. The van der Waals surface area contributed by atoms with E-state index in [1.807, 2.05) is 80.6 Å². The highest BCUT2D eigenvalue weighted by Crippen LogP contribution is 2.40. The Morgan fingerprint density at radius 1 is 0.938 bits per heavy atom. The number of aliphatic hydroxyl groups is 1. The Morgan fingerprint density at radius 2 is 1.62 bits per heavy atom. The zero-order chi connectivity index (χ0) is 22.8. The van der Waals surface area contributed by atoms with E-state index in [-0.39, 0.29) is 17.9 Å². The van der Waals surface area contributed by atoms with Crippen LogP contribution in [0, 0.1) is 13.8 Å². The number of carbonyl (C=O) groups is 2. The van der Waals surface area contributed by atoms with Gasteiger partial charge < -0.3 is 14.7 Å². The zero-order valence-electron chi connectivity index (χ0n) is 18.3. The number of aliphatic hydroxyl groups excluding tert-OH is 1. The third-order valence-corrected chi connectivity index (χ3v) is 5.95. The van der Waals surface area contributed by atoms with Crippen LogP contribution >= 0.6 is 0 Å². The zero-order valence-corrected chi connectivity index (χ0v) is 18.3. The van der Waals surface area contributed by atoms with Crippen LogP contribution in [-0.4, -0.2) is 28.8 Å². The molecule has 0 radical (unpaired) electrons. The van der Waals surface area contributed by atoms with E-state index >= 15 is 0 Å². The fraction of sp³-hybridized carbons (Fsp3) is 0.185. The van der Waals surface area contributed by atoms with E-state index in [9.17, 15) is 14.7 Å². The molecule has 1 atom stereocenters. The van der Waals surface area contributed by atoms with Crippen LogP contribution in [0.5, 0.6) is 5.75 Å². The number of ether oxygens (including phenoxy) is 1. The smallest absolute Gasteiger partial charge is 0.295 e. The second-order valence-corrected chi connectivity index (χ2v) is 7.98. The lowest BCUT2D eigenvalue weighted by molar-refractivity contribution is -0.140. The summed E-state index contributed by atoms with van der Waals surface area (Å²) < 4.78 is 5.21. The van der Waals surface area contributed by atoms with Gasteiger partial charge >= 0.3 is 0 Å². The van der Waals surface area contributed by atoms with E-state index in [0.29, 0.717) is 11.3 Å². The SMILES string of the molecule is COc1ccc(CN2C(=O)C(=O)/C(=C(\O)c3ccc(C)c(C)c3)C2c2ccccc2)cc1. The van der Waals surface area contributed by atoms with E-state index in [4.69, 9.17) is 4.74 Å². The van der Waals surface area contributed by atoms with Crippen LogP contribution in [0.25, 0.3) is 5.76 Å². The molecule has 1 aliphatic heterocycles. The van der Waals surface area contributed by atoms with Gasteiger partial charge in [-0.05, 0) is 54.3 Å². The summed E-state index contributed by atoms with van der Waals surface area (Å²) in [7, 11) is 1.59. The van der Waals surface area contributed by atoms with Crippen LogP contribution in [0.3, 0.4) is 0 Å². The Bertz CT molecular complexity index is 1200. The number of aryl methyl sites for hydroxylation is 2. The van der Waals surface area contributed by atoms with Gasteiger partial charge in [-0.3, -0.25) is 9.59 Å². The first-order valence-electron chi connectivity index (χ1n) is 10.4. The van der Waals surface area contributed by atoms with Gasteiger partial charge in [0, 0.05) is 12.1 Å². The van der Waals surface area contributed by atoms with Crippen LogP contribution < -0.4 is 4.74 Å². The minimum absolute atomic E-state index is 0.109. The molecule has 3 aromatic carbocycles. The number of hydrogen-bond donors (Lipinski definition) is 1. The van der Waals surface area contributed by atoms with Crippen molar-refractivity contribution in [1.29, 1.82) is 0 Å². The molecule has 0 aromatic heterocycles. The van der Waals surface area contributed by atoms with E-state index in [0.717, 1.165) is 22.3 Å². The maximum Gasteiger partial charge on any atom is 0.295 e. The lowest BCUT2D eigenvalue weighted by Crippen LogP contribution is -2.29. The average molecular weight is 428 g/mol. The Hall–Kier alpha value is -3.86. The van der Waals surface area contributed by atoms with Crippen molar-refractivity contribution in [2.24, 2.45) is 0 Å². The van der Waals surface area contributed by atoms with Crippen LogP contribution in [0.2, 0.25) is 0 Å². The van der Waals surface area contributed by atoms with Crippen LogP contribution in [0.4, 0.5) is 0 Å². The highest BCUT2D eigenvalue weighted by molar-refractivity contribution is 6.46. The Kier molecular flexibility index (Phi) is 5.82. The number of benzene rings is 3. The molecule has 5 nitrogen and oxygen atoms in total. The maximum atomic E-state index is 13.1. The summed E-state index contributed by atoms with van der Waals surface area (Å²) >= 11 is 0. The second-order valence-electron chi connectivity index (χ2n) is 7.98. The largest absolute Gasteiger partial charge is 0.507 e. The minimum Gasteiger partial charge on any atom is -0.507 e. The summed E-state index contributed by atoms with van der Waals surface area (Å²) in [6.45, 7) is 4.16. The van der Waals surface area contributed by atoms with Crippen molar-refractivity contribution in [2.75, 3.05) is 7.11 Å². The summed E-state index contributed by atoms with van der Waals surface area (Å²) in [5, 5.41) is 11.2. The van der Waals surface area contributed by atoms with Crippen LogP contribution in [0.15, 0.2) is 78.4 Å². The van der Waals surface area contributed by atoms with Crippen molar-refractivity contribution < 1.29 is 19.4 Å². The summed E-state index contributed by atoms with van der Waals surface area (Å²) in [5.74, 6) is -0.745. The standard InChI is InChI=1S/C27H25NO4/c1-17-9-12-21(15-18(17)2)25(29)23-24(20-7-5-4-6-8-20)28(27(31)26(23)30)16-19-10-13-22(32-3)14-11-19/h4-15,24,29H,16H2,1-3H3/b25-23-. The molecule has 3 aromatic rings. The number of hydrogen-bond acceptors (Lipinski definition) is 4. The van der Waals surface area contributed by atoms with Crippen molar-refractivity contribution in [2.45, 2.75) is 26.4 Å². The molecule has 1 aliphatic rings. The Balaban J connectivity index is 1.82. The van der Waals surface area contributed by atoms with Crippen molar-refractivity contribution >= 4 is 17.4 Å². The predicted octanol–water partition coefficient (Wildman–Crippen LogP) is 4.93. The van der Waals surface area contributed by atoms with Gasteiger partial charge in [0.1, 0.15) is 11.5 Å². The van der Waals surface area contributed by atoms with E-state index in [2.05, 4.69) is 0 Å². The monoisotopic (exact) mass is 427 g/mol. The molecule has 1 saturated heterocycles. The number of ketones is 1. The fourth-order valence-corrected chi connectivity index (χ4v) is 4.00. The number of Topliss-reactive ketones (excluding diaryl/α,β-unsaturated/α-hetero) is 1. The van der Waals surface area contributed by atoms with Crippen molar-refractivity contribution in [3.05, 3.63) is 106 Å².